The fourth-order valence-corrected chi connectivity index (χ4v) is 0.802. The molecule has 0 heterocycles. The topological polar surface area (TPSA) is 40.1 Å². The van der Waals surface area contributed by atoms with Crippen molar-refractivity contribution in [2.24, 2.45) is 0 Å². The van der Waals surface area contributed by atoms with E-state index in [1.54, 1.807) is 25.1 Å². The van der Waals surface area contributed by atoms with E-state index >= 15 is 0 Å². The van der Waals surface area contributed by atoms with Crippen molar-refractivity contribution >= 4 is 5.97 Å². The summed E-state index contributed by atoms with van der Waals surface area (Å²) in [5, 5.41) is 10.3. The summed E-state index contributed by atoms with van der Waals surface area (Å²) in [6, 6.07) is 6.75. The molecule has 2 nitrogen and oxygen atoms in total. The van der Waals surface area contributed by atoms with E-state index in [-0.39, 0.29) is 22.3 Å². The third kappa shape index (κ3) is 2.36. The van der Waals surface area contributed by atoms with Gasteiger partial charge in [-0.3, -0.25) is 0 Å². The number of benzene rings is 1. The zero-order valence-corrected chi connectivity index (χ0v) is 7.00. The van der Waals surface area contributed by atoms with Crippen LogP contribution in [0.5, 0.6) is 0 Å². The Hall–Kier alpha value is -0.804. The largest absolute Gasteiger partial charge is 0.545 e. The maximum atomic E-state index is 10.3. The third-order valence-electron chi connectivity index (χ3n) is 1.36. The standard InChI is InChI=1S/C8H8O2.Co/c1-6-4-2-3-5-7(6)8(9)10;/h2-5H,1H3,(H,9,10);/p-1. The molecular formula is C8H7CoO2-. The molecule has 3 heteroatoms. The predicted molar refractivity (Wildman–Crippen MR) is 35.5 cm³/mol. The Kier molecular flexibility index (Phi) is 3.85. The molecule has 61 valence electrons. The van der Waals surface area contributed by atoms with Gasteiger partial charge in [-0.05, 0) is 12.5 Å². The van der Waals surface area contributed by atoms with Crippen molar-refractivity contribution in [1.29, 1.82) is 0 Å². The molecule has 0 N–H and O–H groups in total. The molecule has 0 unspecified atom stereocenters. The fraction of sp³-hybridized carbons (Fsp3) is 0.125. The molecule has 0 aliphatic heterocycles. The van der Waals surface area contributed by atoms with E-state index < -0.39 is 5.97 Å². The molecule has 0 amide bonds. The minimum Gasteiger partial charge on any atom is -0.545 e. The smallest absolute Gasteiger partial charge is 0.0717 e. The first-order chi connectivity index (χ1) is 4.72. The predicted octanol–water partition coefficient (Wildman–Crippen LogP) is 0.356. The quantitative estimate of drug-likeness (QED) is 0.647. The minimum atomic E-state index is -1.11. The summed E-state index contributed by atoms with van der Waals surface area (Å²) in [6.45, 7) is 1.74. The summed E-state index contributed by atoms with van der Waals surface area (Å²) in [7, 11) is 0. The maximum absolute atomic E-state index is 10.3. The van der Waals surface area contributed by atoms with Crippen LogP contribution in [-0.4, -0.2) is 5.97 Å². The number of carbonyl (C=O) groups is 1. The Morgan fingerprint density at radius 2 is 1.91 bits per heavy atom. The molecule has 1 aromatic carbocycles. The zero-order chi connectivity index (χ0) is 7.56. The average Bonchev–Trinajstić information content (AvgIpc) is 1.88. The normalized spacial score (nSPS) is 8.45. The van der Waals surface area contributed by atoms with Crippen molar-refractivity contribution in [1.82, 2.24) is 0 Å². The van der Waals surface area contributed by atoms with Crippen LogP contribution in [0.1, 0.15) is 15.9 Å². The number of aryl methyl sites for hydroxylation is 1. The molecule has 0 saturated carbocycles. The van der Waals surface area contributed by atoms with Crippen molar-refractivity contribution in [3.8, 4) is 0 Å². The Bertz CT molecular complexity index is 258. The van der Waals surface area contributed by atoms with Crippen LogP contribution in [0.25, 0.3) is 0 Å². The number of hydrogen-bond acceptors (Lipinski definition) is 2. The van der Waals surface area contributed by atoms with Crippen LogP contribution in [0.3, 0.4) is 0 Å². The number of carboxylic acids is 1. The summed E-state index contributed by atoms with van der Waals surface area (Å²) >= 11 is 0. The minimum absolute atomic E-state index is 0. The van der Waals surface area contributed by atoms with E-state index in [9.17, 15) is 9.90 Å². The molecule has 0 bridgehead atoms. The second-order valence-electron chi connectivity index (χ2n) is 2.10. The molecule has 11 heavy (non-hydrogen) atoms. The number of rotatable bonds is 1. The van der Waals surface area contributed by atoms with E-state index in [2.05, 4.69) is 0 Å². The van der Waals surface area contributed by atoms with Crippen LogP contribution in [0.2, 0.25) is 0 Å². The van der Waals surface area contributed by atoms with Gasteiger partial charge in [0.25, 0.3) is 0 Å². The Morgan fingerprint density at radius 1 is 1.36 bits per heavy atom. The van der Waals surface area contributed by atoms with Gasteiger partial charge in [0.15, 0.2) is 0 Å². The molecule has 0 aromatic heterocycles. The van der Waals surface area contributed by atoms with Crippen molar-refractivity contribution in [3.05, 3.63) is 35.4 Å². The van der Waals surface area contributed by atoms with Gasteiger partial charge in [0.05, 0.1) is 5.97 Å². The number of aromatic carboxylic acids is 1. The molecule has 1 aromatic rings. The molecule has 0 aliphatic carbocycles. The SMILES string of the molecule is Cc1ccccc1C(=O)[O-].[Co]. The second-order valence-corrected chi connectivity index (χ2v) is 2.10. The third-order valence-corrected chi connectivity index (χ3v) is 1.36. The molecule has 1 radical (unpaired) electrons. The van der Waals surface area contributed by atoms with Crippen molar-refractivity contribution in [2.45, 2.75) is 6.92 Å². The summed E-state index contributed by atoms with van der Waals surface area (Å²) < 4.78 is 0. The second kappa shape index (κ2) is 4.15. The number of hydrogen-bond donors (Lipinski definition) is 0. The molecular weight excluding hydrogens is 187 g/mol. The van der Waals surface area contributed by atoms with Crippen molar-refractivity contribution in [3.63, 3.8) is 0 Å². The van der Waals surface area contributed by atoms with Gasteiger partial charge in [-0.25, -0.2) is 0 Å². The molecule has 0 spiro atoms. The van der Waals surface area contributed by atoms with Gasteiger partial charge in [-0.1, -0.05) is 24.3 Å². The van der Waals surface area contributed by atoms with E-state index in [4.69, 9.17) is 0 Å². The van der Waals surface area contributed by atoms with Crippen LogP contribution >= 0.6 is 0 Å². The summed E-state index contributed by atoms with van der Waals surface area (Å²) in [4.78, 5) is 10.3. The van der Waals surface area contributed by atoms with Gasteiger partial charge in [0, 0.05) is 22.3 Å². The number of carbonyl (C=O) groups excluding carboxylic acids is 1. The van der Waals surface area contributed by atoms with Gasteiger partial charge >= 0.3 is 0 Å². The molecule has 0 fully saturated rings. The van der Waals surface area contributed by atoms with E-state index in [1.165, 1.54) is 6.07 Å². The van der Waals surface area contributed by atoms with Crippen molar-refractivity contribution in [2.75, 3.05) is 0 Å². The molecule has 0 atom stereocenters. The first-order valence-corrected chi connectivity index (χ1v) is 2.99. The summed E-state index contributed by atoms with van der Waals surface area (Å²) in [6.07, 6.45) is 0. The van der Waals surface area contributed by atoms with Crippen LogP contribution in [0, 0.1) is 6.92 Å². The van der Waals surface area contributed by atoms with E-state index in [1.807, 2.05) is 0 Å². The molecule has 0 saturated heterocycles. The first-order valence-electron chi connectivity index (χ1n) is 2.99. The molecule has 1 rings (SSSR count). The van der Waals surface area contributed by atoms with Crippen LogP contribution in [-0.2, 0) is 16.8 Å². The van der Waals surface area contributed by atoms with E-state index in [0.29, 0.717) is 0 Å². The van der Waals surface area contributed by atoms with Crippen LogP contribution in [0.15, 0.2) is 24.3 Å². The van der Waals surface area contributed by atoms with Crippen molar-refractivity contribution < 1.29 is 26.7 Å². The van der Waals surface area contributed by atoms with Gasteiger partial charge in [-0.15, -0.1) is 0 Å². The van der Waals surface area contributed by atoms with Gasteiger partial charge in [0.2, 0.25) is 0 Å². The monoisotopic (exact) mass is 194 g/mol. The van der Waals surface area contributed by atoms with Crippen LogP contribution < -0.4 is 5.11 Å². The summed E-state index contributed by atoms with van der Waals surface area (Å²) in [5.41, 5.74) is 1.00. The van der Waals surface area contributed by atoms with Crippen LogP contribution in [0.4, 0.5) is 0 Å². The molecule has 0 aliphatic rings. The number of carboxylic acid groups (broad SMARTS) is 1. The summed E-state index contributed by atoms with van der Waals surface area (Å²) in [5.74, 6) is -1.11. The first kappa shape index (κ1) is 10.2. The fourth-order valence-electron chi connectivity index (χ4n) is 0.802. The van der Waals surface area contributed by atoms with Gasteiger partial charge in [0.1, 0.15) is 0 Å². The van der Waals surface area contributed by atoms with Gasteiger partial charge in [-0.2, -0.15) is 0 Å². The van der Waals surface area contributed by atoms with Gasteiger partial charge < -0.3 is 9.90 Å². The Labute approximate surface area is 75.4 Å². The van der Waals surface area contributed by atoms with E-state index in [0.717, 1.165) is 5.56 Å². The Morgan fingerprint density at radius 3 is 2.27 bits per heavy atom. The Balaban J connectivity index is 0.000001000. The maximum Gasteiger partial charge on any atom is 0.0717 e. The average molecular weight is 194 g/mol. The zero-order valence-electron chi connectivity index (χ0n) is 5.96.